The Hall–Kier alpha value is -0.880. The van der Waals surface area contributed by atoms with Crippen LogP contribution >= 0.6 is 9.24 Å². The third kappa shape index (κ3) is 2.63. The summed E-state index contributed by atoms with van der Waals surface area (Å²) in [6.45, 7) is 0. The van der Waals surface area contributed by atoms with Gasteiger partial charge in [-0.3, -0.25) is 4.79 Å². The summed E-state index contributed by atoms with van der Waals surface area (Å²) >= 11 is 0. The number of carboxylic acids is 1. The van der Waals surface area contributed by atoms with Gasteiger partial charge in [0, 0.05) is 0 Å². The maximum Gasteiger partial charge on any atom is 0.310 e. The number of benzene rings is 1. The molecule has 12 heavy (non-hydrogen) atoms. The summed E-state index contributed by atoms with van der Waals surface area (Å²) in [6.07, 6.45) is 0.570. The zero-order chi connectivity index (χ0) is 8.97. The third-order valence-electron chi connectivity index (χ3n) is 1.62. The molecule has 2 nitrogen and oxygen atoms in total. The standard InChI is InChI=1S/C9H11O2P/c10-9(11)8(12)6-7-4-2-1-3-5-7/h1-5,8H,6,12H2,(H,10,11). The number of aliphatic carboxylic acids is 1. The van der Waals surface area contributed by atoms with Gasteiger partial charge in [0.2, 0.25) is 0 Å². The monoisotopic (exact) mass is 182 g/mol. The maximum atomic E-state index is 10.5. The van der Waals surface area contributed by atoms with Crippen LogP contribution < -0.4 is 0 Å². The van der Waals surface area contributed by atoms with Crippen molar-refractivity contribution in [3.8, 4) is 0 Å². The van der Waals surface area contributed by atoms with Crippen LogP contribution in [0.1, 0.15) is 5.56 Å². The second kappa shape index (κ2) is 4.22. The van der Waals surface area contributed by atoms with Gasteiger partial charge in [0.25, 0.3) is 0 Å². The molecular weight excluding hydrogens is 171 g/mol. The minimum absolute atomic E-state index is 0.382. The Morgan fingerprint density at radius 1 is 1.42 bits per heavy atom. The summed E-state index contributed by atoms with van der Waals surface area (Å²) in [7, 11) is 2.32. The molecule has 0 heterocycles. The molecule has 1 rings (SSSR count). The fourth-order valence-electron chi connectivity index (χ4n) is 0.955. The molecule has 0 amide bonds. The summed E-state index contributed by atoms with van der Waals surface area (Å²) < 4.78 is 0. The van der Waals surface area contributed by atoms with Crippen molar-refractivity contribution in [1.29, 1.82) is 0 Å². The van der Waals surface area contributed by atoms with E-state index >= 15 is 0 Å². The van der Waals surface area contributed by atoms with Gasteiger partial charge in [-0.15, -0.1) is 9.24 Å². The SMILES string of the molecule is O=C(O)C(P)Cc1ccccc1. The third-order valence-corrected chi connectivity index (χ3v) is 2.14. The van der Waals surface area contributed by atoms with Crippen LogP contribution in [0.2, 0.25) is 0 Å². The predicted molar refractivity (Wildman–Crippen MR) is 51.3 cm³/mol. The molecule has 0 aliphatic carbocycles. The van der Waals surface area contributed by atoms with Gasteiger partial charge in [-0.2, -0.15) is 0 Å². The van der Waals surface area contributed by atoms with Crippen molar-refractivity contribution in [2.75, 3.05) is 0 Å². The molecule has 0 bridgehead atoms. The Labute approximate surface area is 73.8 Å². The molecule has 0 aliphatic heterocycles. The van der Waals surface area contributed by atoms with Crippen LogP contribution in [0.15, 0.2) is 30.3 Å². The second-order valence-corrected chi connectivity index (χ2v) is 3.44. The van der Waals surface area contributed by atoms with Crippen LogP contribution in [0.25, 0.3) is 0 Å². The molecule has 1 aromatic rings. The van der Waals surface area contributed by atoms with Crippen LogP contribution in [0, 0.1) is 0 Å². The van der Waals surface area contributed by atoms with Crippen molar-refractivity contribution < 1.29 is 9.90 Å². The number of rotatable bonds is 3. The van der Waals surface area contributed by atoms with Crippen LogP contribution in [0.3, 0.4) is 0 Å². The van der Waals surface area contributed by atoms with E-state index in [4.69, 9.17) is 5.11 Å². The first-order chi connectivity index (χ1) is 5.70. The number of carbonyl (C=O) groups is 1. The van der Waals surface area contributed by atoms with Crippen molar-refractivity contribution >= 4 is 15.2 Å². The van der Waals surface area contributed by atoms with E-state index in [0.29, 0.717) is 6.42 Å². The smallest absolute Gasteiger partial charge is 0.310 e. The molecule has 2 atom stereocenters. The van der Waals surface area contributed by atoms with E-state index in [1.807, 2.05) is 30.3 Å². The van der Waals surface area contributed by atoms with Crippen molar-refractivity contribution in [3.05, 3.63) is 35.9 Å². The molecular formula is C9H11O2P. The number of carboxylic acid groups (broad SMARTS) is 1. The molecule has 0 aliphatic rings. The lowest BCUT2D eigenvalue weighted by Gasteiger charge is -2.04. The first kappa shape index (κ1) is 9.21. The van der Waals surface area contributed by atoms with Crippen molar-refractivity contribution in [2.24, 2.45) is 0 Å². The predicted octanol–water partition coefficient (Wildman–Crippen LogP) is 1.56. The highest BCUT2D eigenvalue weighted by Gasteiger charge is 2.10. The number of hydrogen-bond acceptors (Lipinski definition) is 1. The zero-order valence-corrected chi connectivity index (χ0v) is 7.76. The lowest BCUT2D eigenvalue weighted by Crippen LogP contribution is -2.15. The molecule has 2 unspecified atom stereocenters. The van der Waals surface area contributed by atoms with Gasteiger partial charge >= 0.3 is 5.97 Å². The lowest BCUT2D eigenvalue weighted by molar-refractivity contribution is -0.136. The highest BCUT2D eigenvalue weighted by atomic mass is 31.0. The molecule has 0 saturated carbocycles. The minimum atomic E-state index is -0.774. The van der Waals surface area contributed by atoms with E-state index in [2.05, 4.69) is 9.24 Å². The van der Waals surface area contributed by atoms with E-state index in [-0.39, 0.29) is 5.66 Å². The lowest BCUT2D eigenvalue weighted by atomic mass is 10.1. The van der Waals surface area contributed by atoms with E-state index in [1.165, 1.54) is 0 Å². The average molecular weight is 182 g/mol. The Bertz CT molecular complexity index is 258. The highest BCUT2D eigenvalue weighted by Crippen LogP contribution is 2.09. The van der Waals surface area contributed by atoms with Crippen LogP contribution in [0.5, 0.6) is 0 Å². The van der Waals surface area contributed by atoms with Crippen LogP contribution in [-0.2, 0) is 11.2 Å². The van der Waals surface area contributed by atoms with Crippen molar-refractivity contribution in [1.82, 2.24) is 0 Å². The Balaban J connectivity index is 2.58. The number of hydrogen-bond donors (Lipinski definition) is 1. The molecule has 0 spiro atoms. The van der Waals surface area contributed by atoms with Gasteiger partial charge in [0.15, 0.2) is 0 Å². The van der Waals surface area contributed by atoms with Crippen molar-refractivity contribution in [2.45, 2.75) is 12.1 Å². The molecule has 1 N–H and O–H groups in total. The van der Waals surface area contributed by atoms with E-state index < -0.39 is 5.97 Å². The summed E-state index contributed by atoms with van der Waals surface area (Å²) in [6, 6.07) is 9.60. The second-order valence-electron chi connectivity index (χ2n) is 2.63. The van der Waals surface area contributed by atoms with E-state index in [9.17, 15) is 4.79 Å². The molecule has 0 radical (unpaired) electrons. The Morgan fingerprint density at radius 2 is 2.00 bits per heavy atom. The summed E-state index contributed by atoms with van der Waals surface area (Å²) in [5.74, 6) is -0.774. The summed E-state index contributed by atoms with van der Waals surface area (Å²) in [5.41, 5.74) is 0.673. The molecule has 1 aromatic carbocycles. The quantitative estimate of drug-likeness (QED) is 0.720. The van der Waals surface area contributed by atoms with Gasteiger partial charge in [0.05, 0.1) is 5.66 Å². The molecule has 3 heteroatoms. The van der Waals surface area contributed by atoms with Gasteiger partial charge < -0.3 is 5.11 Å². The highest BCUT2D eigenvalue weighted by molar-refractivity contribution is 7.19. The first-order valence-electron chi connectivity index (χ1n) is 3.72. The van der Waals surface area contributed by atoms with Gasteiger partial charge in [-0.05, 0) is 12.0 Å². The normalized spacial score (nSPS) is 12.4. The van der Waals surface area contributed by atoms with E-state index in [1.54, 1.807) is 0 Å². The fraction of sp³-hybridized carbons (Fsp3) is 0.222. The molecule has 64 valence electrons. The first-order valence-corrected chi connectivity index (χ1v) is 4.39. The Kier molecular flexibility index (Phi) is 3.24. The topological polar surface area (TPSA) is 37.3 Å². The minimum Gasteiger partial charge on any atom is -0.481 e. The van der Waals surface area contributed by atoms with E-state index in [0.717, 1.165) is 5.56 Å². The largest absolute Gasteiger partial charge is 0.481 e. The van der Waals surface area contributed by atoms with Crippen molar-refractivity contribution in [3.63, 3.8) is 0 Å². The molecule has 0 fully saturated rings. The zero-order valence-electron chi connectivity index (χ0n) is 6.60. The van der Waals surface area contributed by atoms with Gasteiger partial charge in [0.1, 0.15) is 0 Å². The van der Waals surface area contributed by atoms with Gasteiger partial charge in [-0.1, -0.05) is 30.3 Å². The Morgan fingerprint density at radius 3 is 2.50 bits per heavy atom. The van der Waals surface area contributed by atoms with Crippen LogP contribution in [0.4, 0.5) is 0 Å². The van der Waals surface area contributed by atoms with Gasteiger partial charge in [-0.25, -0.2) is 0 Å². The summed E-state index contributed by atoms with van der Waals surface area (Å²) in [5, 5.41) is 8.62. The molecule has 0 saturated heterocycles. The fourth-order valence-corrected chi connectivity index (χ4v) is 1.23. The maximum absolute atomic E-state index is 10.5. The molecule has 0 aromatic heterocycles. The summed E-state index contributed by atoms with van der Waals surface area (Å²) in [4.78, 5) is 10.5. The van der Waals surface area contributed by atoms with Crippen LogP contribution in [-0.4, -0.2) is 16.7 Å². The average Bonchev–Trinajstić information content (AvgIpc) is 2.06.